The molecule has 1 atom stereocenters. The summed E-state index contributed by atoms with van der Waals surface area (Å²) < 4.78 is 5.91. The number of nitrogens with zero attached hydrogens (tertiary/aromatic N) is 1. The van der Waals surface area contributed by atoms with Crippen molar-refractivity contribution >= 4 is 18.8 Å². The monoisotopic (exact) mass is 417 g/mol. The molecule has 2 aromatic rings. The maximum Gasteiger partial charge on any atom is 0.458 e. The van der Waals surface area contributed by atoms with Crippen molar-refractivity contribution in [1.29, 1.82) is 0 Å². The molecule has 162 valence electrons. The van der Waals surface area contributed by atoms with E-state index in [2.05, 4.69) is 37.6 Å². The number of aromatic nitrogens is 1. The van der Waals surface area contributed by atoms with Gasteiger partial charge in [-0.2, -0.15) is 0 Å². The highest BCUT2D eigenvalue weighted by Gasteiger charge is 2.29. The van der Waals surface area contributed by atoms with Crippen LogP contribution in [0, 0.1) is 19.8 Å². The SMILES string of the molecule is C=C(C1=CCB(O)OC1CC/C(=C/c1cc(C)c(O)c(C)c1)c1ccccn1)C(C)C. The number of rotatable bonds is 7. The third kappa shape index (κ3) is 5.75. The second-order valence-corrected chi connectivity index (χ2v) is 8.58. The minimum Gasteiger partial charge on any atom is -0.507 e. The van der Waals surface area contributed by atoms with Crippen molar-refractivity contribution in [3.63, 3.8) is 0 Å². The lowest BCUT2D eigenvalue weighted by Gasteiger charge is -2.29. The molecule has 0 bridgehead atoms. The van der Waals surface area contributed by atoms with Gasteiger partial charge in [0.2, 0.25) is 0 Å². The van der Waals surface area contributed by atoms with Crippen molar-refractivity contribution in [1.82, 2.24) is 4.98 Å². The molecule has 4 nitrogen and oxygen atoms in total. The Bertz CT molecular complexity index is 972. The smallest absolute Gasteiger partial charge is 0.458 e. The van der Waals surface area contributed by atoms with E-state index >= 15 is 0 Å². The Morgan fingerprint density at radius 2 is 2.00 bits per heavy atom. The van der Waals surface area contributed by atoms with E-state index in [1.807, 2.05) is 44.2 Å². The fourth-order valence-electron chi connectivity index (χ4n) is 3.96. The third-order valence-electron chi connectivity index (χ3n) is 5.80. The lowest BCUT2D eigenvalue weighted by molar-refractivity contribution is 0.183. The number of aromatic hydroxyl groups is 1. The van der Waals surface area contributed by atoms with Gasteiger partial charge in [-0.3, -0.25) is 4.98 Å². The Labute approximate surface area is 186 Å². The van der Waals surface area contributed by atoms with Gasteiger partial charge < -0.3 is 14.8 Å². The van der Waals surface area contributed by atoms with Crippen molar-refractivity contribution < 1.29 is 14.8 Å². The summed E-state index contributed by atoms with van der Waals surface area (Å²) in [5, 5.41) is 20.2. The van der Waals surface area contributed by atoms with Crippen LogP contribution in [0.1, 0.15) is 49.1 Å². The van der Waals surface area contributed by atoms with Crippen molar-refractivity contribution in [3.8, 4) is 5.75 Å². The highest BCUT2D eigenvalue weighted by atomic mass is 16.5. The molecule has 3 rings (SSSR count). The number of pyridine rings is 1. The van der Waals surface area contributed by atoms with Crippen molar-refractivity contribution in [2.45, 2.75) is 53.0 Å². The van der Waals surface area contributed by atoms with Gasteiger partial charge in [0.05, 0.1) is 11.8 Å². The molecule has 2 N–H and O–H groups in total. The zero-order valence-corrected chi connectivity index (χ0v) is 18.9. The quantitative estimate of drug-likeness (QED) is 0.564. The predicted octanol–water partition coefficient (Wildman–Crippen LogP) is 5.74. The van der Waals surface area contributed by atoms with Crippen LogP contribution in [0.3, 0.4) is 0 Å². The highest BCUT2D eigenvalue weighted by molar-refractivity contribution is 6.43. The number of hydrogen-bond donors (Lipinski definition) is 2. The molecule has 0 radical (unpaired) electrons. The summed E-state index contributed by atoms with van der Waals surface area (Å²) in [5.74, 6) is 0.657. The van der Waals surface area contributed by atoms with Crippen LogP contribution in [0.5, 0.6) is 5.75 Å². The first-order chi connectivity index (χ1) is 14.8. The highest BCUT2D eigenvalue weighted by Crippen LogP contribution is 2.33. The minimum absolute atomic E-state index is 0.200. The Morgan fingerprint density at radius 1 is 1.29 bits per heavy atom. The van der Waals surface area contributed by atoms with Crippen molar-refractivity contribution in [2.75, 3.05) is 0 Å². The second-order valence-electron chi connectivity index (χ2n) is 8.58. The maximum absolute atomic E-state index is 10.1. The number of aryl methyl sites for hydroxylation is 2. The number of phenolic OH excluding ortho intramolecular Hbond substituents is 1. The van der Waals surface area contributed by atoms with Gasteiger partial charge in [-0.05, 0) is 96.4 Å². The fourth-order valence-corrected chi connectivity index (χ4v) is 3.96. The molecule has 0 saturated carbocycles. The fraction of sp³-hybridized carbons (Fsp3) is 0.346. The van der Waals surface area contributed by atoms with Gasteiger partial charge in [-0.15, -0.1) is 0 Å². The molecule has 0 amide bonds. The molecule has 1 unspecified atom stereocenters. The van der Waals surface area contributed by atoms with E-state index in [1.54, 1.807) is 6.20 Å². The van der Waals surface area contributed by atoms with Crippen LogP contribution in [0.25, 0.3) is 11.6 Å². The molecule has 31 heavy (non-hydrogen) atoms. The van der Waals surface area contributed by atoms with Crippen LogP contribution < -0.4 is 0 Å². The Hall–Kier alpha value is -2.63. The number of phenols is 1. The third-order valence-corrected chi connectivity index (χ3v) is 5.80. The molecule has 2 heterocycles. The van der Waals surface area contributed by atoms with Gasteiger partial charge in [-0.25, -0.2) is 0 Å². The van der Waals surface area contributed by atoms with Gasteiger partial charge >= 0.3 is 7.12 Å². The predicted molar refractivity (Wildman–Crippen MR) is 129 cm³/mol. The van der Waals surface area contributed by atoms with E-state index < -0.39 is 7.12 Å². The van der Waals surface area contributed by atoms with Crippen molar-refractivity contribution in [2.24, 2.45) is 5.92 Å². The molecular weight excluding hydrogens is 385 g/mol. The standard InChI is InChI=1S/C26H32BNO3/c1-17(2)20(5)23-11-12-27(30)31-25(23)10-9-22(24-8-6-7-13-28-24)16-21-14-18(3)26(29)19(4)15-21/h6-8,11,13-17,25,29-30H,5,9-10,12H2,1-4H3/b22-16-. The van der Waals surface area contributed by atoms with Crippen LogP contribution in [0.15, 0.2) is 60.3 Å². The molecule has 0 spiro atoms. The largest absolute Gasteiger partial charge is 0.507 e. The normalized spacial score (nSPS) is 17.1. The number of benzene rings is 1. The van der Waals surface area contributed by atoms with E-state index in [0.717, 1.165) is 45.5 Å². The van der Waals surface area contributed by atoms with Gasteiger partial charge in [0.25, 0.3) is 0 Å². The summed E-state index contributed by atoms with van der Waals surface area (Å²) in [7, 11) is -0.779. The first-order valence-electron chi connectivity index (χ1n) is 10.9. The van der Waals surface area contributed by atoms with E-state index in [9.17, 15) is 10.1 Å². The van der Waals surface area contributed by atoms with Crippen LogP contribution in [-0.2, 0) is 4.65 Å². The molecule has 5 heteroatoms. The van der Waals surface area contributed by atoms with E-state index in [0.29, 0.717) is 24.4 Å². The molecule has 0 saturated heterocycles. The summed E-state index contributed by atoms with van der Waals surface area (Å²) >= 11 is 0. The lowest BCUT2D eigenvalue weighted by Crippen LogP contribution is -2.32. The number of hydrogen-bond acceptors (Lipinski definition) is 4. The molecule has 1 aliphatic heterocycles. The summed E-state index contributed by atoms with van der Waals surface area (Å²) in [6.45, 7) is 12.3. The first kappa shape index (κ1) is 23.0. The molecular formula is C26H32BNO3. The average Bonchev–Trinajstić information content (AvgIpc) is 2.75. The summed E-state index contributed by atoms with van der Waals surface area (Å²) in [6, 6.07) is 9.86. The van der Waals surface area contributed by atoms with E-state index in [1.165, 1.54) is 0 Å². The zero-order valence-electron chi connectivity index (χ0n) is 18.9. The molecule has 1 aromatic heterocycles. The van der Waals surface area contributed by atoms with Gasteiger partial charge in [0, 0.05) is 12.5 Å². The van der Waals surface area contributed by atoms with Gasteiger partial charge in [0.1, 0.15) is 5.75 Å². The Morgan fingerprint density at radius 3 is 2.61 bits per heavy atom. The second kappa shape index (κ2) is 10.1. The molecule has 0 aliphatic carbocycles. The summed E-state index contributed by atoms with van der Waals surface area (Å²) in [6.07, 6.45) is 7.73. The van der Waals surface area contributed by atoms with Crippen LogP contribution in [-0.4, -0.2) is 28.3 Å². The zero-order chi connectivity index (χ0) is 22.5. The summed E-state index contributed by atoms with van der Waals surface area (Å²) in [5.41, 5.74) is 6.88. The van der Waals surface area contributed by atoms with Crippen LogP contribution in [0.2, 0.25) is 6.32 Å². The minimum atomic E-state index is -0.779. The van der Waals surface area contributed by atoms with Gasteiger partial charge in [0.15, 0.2) is 0 Å². The summed E-state index contributed by atoms with van der Waals surface area (Å²) in [4.78, 5) is 4.56. The van der Waals surface area contributed by atoms with E-state index in [4.69, 9.17) is 4.65 Å². The topological polar surface area (TPSA) is 62.6 Å². The Balaban J connectivity index is 1.90. The van der Waals surface area contributed by atoms with Crippen LogP contribution >= 0.6 is 0 Å². The maximum atomic E-state index is 10.1. The lowest BCUT2D eigenvalue weighted by atomic mass is 9.76. The van der Waals surface area contributed by atoms with E-state index in [-0.39, 0.29) is 6.10 Å². The molecule has 1 aromatic carbocycles. The molecule has 0 fully saturated rings. The van der Waals surface area contributed by atoms with Crippen molar-refractivity contribution in [3.05, 3.63) is 82.7 Å². The first-order valence-corrected chi connectivity index (χ1v) is 10.9. The Kier molecular flexibility index (Phi) is 7.53. The van der Waals surface area contributed by atoms with Crippen LogP contribution in [0.4, 0.5) is 0 Å². The van der Waals surface area contributed by atoms with Gasteiger partial charge in [-0.1, -0.05) is 32.6 Å². The molecule has 1 aliphatic rings. The number of allylic oxidation sites excluding steroid dienone is 2. The average molecular weight is 417 g/mol.